The molecule has 1 atom stereocenters. The molecule has 3 aromatic rings. The molecule has 10 nitrogen and oxygen atoms in total. The molecule has 3 N–H and O–H groups in total. The van der Waals surface area contributed by atoms with Crippen molar-refractivity contribution in [2.24, 2.45) is 0 Å². The average molecular weight is 535 g/mol. The minimum absolute atomic E-state index is 0.0125. The highest BCUT2D eigenvalue weighted by molar-refractivity contribution is 5.99. The van der Waals surface area contributed by atoms with Crippen molar-refractivity contribution in [1.82, 2.24) is 14.7 Å². The molecule has 1 aliphatic heterocycles. The molecule has 1 aliphatic rings. The number of benzene rings is 2. The molecule has 0 radical (unpaired) electrons. The molecule has 38 heavy (non-hydrogen) atoms. The maximum Gasteiger partial charge on any atom is 0.573 e. The number of likely N-dealkylation sites (tertiary alicyclic amines) is 1. The number of aromatic carboxylic acids is 1. The summed E-state index contributed by atoms with van der Waals surface area (Å²) in [6, 6.07) is 7.04. The van der Waals surface area contributed by atoms with Gasteiger partial charge < -0.3 is 25.4 Å². The van der Waals surface area contributed by atoms with E-state index >= 15 is 0 Å². The molecule has 14 heteroatoms. The van der Waals surface area contributed by atoms with Crippen LogP contribution in [0.15, 0.2) is 48.7 Å². The summed E-state index contributed by atoms with van der Waals surface area (Å²) in [4.78, 5) is 38.1. The summed E-state index contributed by atoms with van der Waals surface area (Å²) in [5, 5.41) is 18.4. The summed E-state index contributed by atoms with van der Waals surface area (Å²) in [6.45, 7) is 1.60. The first kappa shape index (κ1) is 26.4. The molecular formula is C24H21F4N5O5. The summed E-state index contributed by atoms with van der Waals surface area (Å²) in [7, 11) is 0. The lowest BCUT2D eigenvalue weighted by molar-refractivity contribution is -0.274. The number of carboxylic acid groups (broad SMARTS) is 1. The lowest BCUT2D eigenvalue weighted by Crippen LogP contribution is -2.45. The fourth-order valence-electron chi connectivity index (χ4n) is 4.03. The second-order valence-corrected chi connectivity index (χ2v) is 8.36. The molecular weight excluding hydrogens is 514 g/mol. The zero-order chi connectivity index (χ0) is 27.6. The van der Waals surface area contributed by atoms with Crippen LogP contribution in [0.1, 0.15) is 28.8 Å². The summed E-state index contributed by atoms with van der Waals surface area (Å²) in [6.07, 6.45) is -2.55. The van der Waals surface area contributed by atoms with E-state index in [4.69, 9.17) is 5.11 Å². The maximum atomic E-state index is 14.7. The number of urea groups is 1. The molecule has 0 unspecified atom stereocenters. The standard InChI is InChI=1S/C24H21F4N5O5/c1-13-16(22(35)36)8-9-17(20(13)25)33-12-10-19(31-33)30-21(34)18-3-2-11-32(18)23(37)29-14-4-6-15(7-5-14)38-24(26,27)28/h4-10,12,18H,2-3,11H2,1H3,(H,29,37)(H,35,36)(H,30,31,34)/t18-/m1/s1. The van der Waals surface area contributed by atoms with E-state index in [0.29, 0.717) is 12.8 Å². The third-order valence-electron chi connectivity index (χ3n) is 5.84. The van der Waals surface area contributed by atoms with E-state index in [0.717, 1.165) is 16.8 Å². The number of carbonyl (C=O) groups excluding carboxylic acids is 2. The number of nitrogens with one attached hydrogen (secondary N) is 2. The highest BCUT2D eigenvalue weighted by atomic mass is 19.4. The number of nitrogens with zero attached hydrogens (tertiary/aromatic N) is 3. The summed E-state index contributed by atoms with van der Waals surface area (Å²) >= 11 is 0. The molecule has 4 rings (SSSR count). The van der Waals surface area contributed by atoms with E-state index in [1.54, 1.807) is 0 Å². The Morgan fingerprint density at radius 3 is 2.45 bits per heavy atom. The van der Waals surface area contributed by atoms with Crippen molar-refractivity contribution in [3.05, 3.63) is 65.6 Å². The molecule has 3 amide bonds. The molecule has 200 valence electrons. The molecule has 0 aliphatic carbocycles. The third kappa shape index (κ3) is 5.85. The van der Waals surface area contributed by atoms with Crippen LogP contribution >= 0.6 is 0 Å². The summed E-state index contributed by atoms with van der Waals surface area (Å²) < 4.78 is 56.6. The Kier molecular flexibility index (Phi) is 7.23. The number of anilines is 2. The first-order valence-electron chi connectivity index (χ1n) is 11.3. The van der Waals surface area contributed by atoms with Gasteiger partial charge in [0.25, 0.3) is 0 Å². The van der Waals surface area contributed by atoms with Crippen molar-refractivity contribution >= 4 is 29.4 Å². The lowest BCUT2D eigenvalue weighted by atomic mass is 10.1. The van der Waals surface area contributed by atoms with Gasteiger partial charge in [0.1, 0.15) is 17.5 Å². The van der Waals surface area contributed by atoms with Crippen LogP contribution in [-0.2, 0) is 4.79 Å². The van der Waals surface area contributed by atoms with Crippen molar-refractivity contribution in [2.75, 3.05) is 17.2 Å². The largest absolute Gasteiger partial charge is 0.573 e. The van der Waals surface area contributed by atoms with Gasteiger partial charge in [-0.2, -0.15) is 0 Å². The maximum absolute atomic E-state index is 14.7. The molecule has 2 aromatic carbocycles. The van der Waals surface area contributed by atoms with E-state index < -0.39 is 41.9 Å². The monoisotopic (exact) mass is 535 g/mol. The van der Waals surface area contributed by atoms with Crippen LogP contribution in [0.3, 0.4) is 0 Å². The molecule has 0 saturated carbocycles. The van der Waals surface area contributed by atoms with Crippen LogP contribution in [0.25, 0.3) is 5.69 Å². The van der Waals surface area contributed by atoms with Gasteiger partial charge in [-0.1, -0.05) is 0 Å². The summed E-state index contributed by atoms with van der Waals surface area (Å²) in [5.41, 5.74) is -0.0505. The van der Waals surface area contributed by atoms with Crippen LogP contribution in [0.5, 0.6) is 5.75 Å². The van der Waals surface area contributed by atoms with Crippen molar-refractivity contribution < 1.29 is 41.8 Å². The SMILES string of the molecule is Cc1c(C(=O)O)ccc(-n2ccc(NC(=O)[C@H]3CCCN3C(=O)Nc3ccc(OC(F)(F)F)cc3)n2)c1F. The van der Waals surface area contributed by atoms with Gasteiger partial charge in [-0.3, -0.25) is 4.79 Å². The Hall–Kier alpha value is -4.62. The van der Waals surface area contributed by atoms with E-state index in [2.05, 4.69) is 20.5 Å². The van der Waals surface area contributed by atoms with Gasteiger partial charge in [-0.25, -0.2) is 18.7 Å². The molecule has 1 saturated heterocycles. The Balaban J connectivity index is 1.40. The second-order valence-electron chi connectivity index (χ2n) is 8.36. The van der Waals surface area contributed by atoms with Gasteiger partial charge in [0.15, 0.2) is 11.6 Å². The van der Waals surface area contributed by atoms with Crippen LogP contribution in [0.4, 0.5) is 33.9 Å². The van der Waals surface area contributed by atoms with Gasteiger partial charge in [0.05, 0.1) is 5.56 Å². The Labute approximate surface area is 212 Å². The topological polar surface area (TPSA) is 126 Å². The van der Waals surface area contributed by atoms with Crippen LogP contribution < -0.4 is 15.4 Å². The minimum atomic E-state index is -4.84. The zero-order valence-electron chi connectivity index (χ0n) is 19.8. The number of hydrogen-bond acceptors (Lipinski definition) is 5. The first-order valence-corrected chi connectivity index (χ1v) is 11.3. The van der Waals surface area contributed by atoms with Gasteiger partial charge in [-0.05, 0) is 56.2 Å². The lowest BCUT2D eigenvalue weighted by Gasteiger charge is -2.24. The van der Waals surface area contributed by atoms with Gasteiger partial charge in [0.2, 0.25) is 5.91 Å². The van der Waals surface area contributed by atoms with Gasteiger partial charge in [0, 0.05) is 30.1 Å². The normalized spacial score (nSPS) is 15.3. The van der Waals surface area contributed by atoms with Crippen LogP contribution in [-0.4, -0.2) is 56.6 Å². The van der Waals surface area contributed by atoms with Crippen molar-refractivity contribution in [1.29, 1.82) is 0 Å². The predicted octanol–water partition coefficient (Wildman–Crippen LogP) is 4.55. The Morgan fingerprint density at radius 1 is 1.08 bits per heavy atom. The number of alkyl halides is 3. The van der Waals surface area contributed by atoms with Gasteiger partial charge in [-0.15, -0.1) is 18.3 Å². The smallest absolute Gasteiger partial charge is 0.478 e. The first-order chi connectivity index (χ1) is 17.9. The number of halogens is 4. The van der Waals surface area contributed by atoms with E-state index in [1.165, 1.54) is 48.4 Å². The summed E-state index contributed by atoms with van der Waals surface area (Å²) in [5.74, 6) is -2.93. The average Bonchev–Trinajstić information content (AvgIpc) is 3.51. The fraction of sp³-hybridized carbons (Fsp3) is 0.250. The highest BCUT2D eigenvalue weighted by Crippen LogP contribution is 2.26. The van der Waals surface area contributed by atoms with E-state index in [9.17, 15) is 31.9 Å². The number of aromatic nitrogens is 2. The Bertz CT molecular complexity index is 1370. The molecule has 0 bridgehead atoms. The quantitative estimate of drug-likeness (QED) is 0.398. The van der Waals surface area contributed by atoms with E-state index in [-0.39, 0.29) is 34.9 Å². The van der Waals surface area contributed by atoms with Gasteiger partial charge >= 0.3 is 18.4 Å². The number of carboxylic acids is 1. The van der Waals surface area contributed by atoms with E-state index in [1.807, 2.05) is 0 Å². The molecule has 1 aromatic heterocycles. The minimum Gasteiger partial charge on any atom is -0.478 e. The number of carbonyl (C=O) groups is 3. The molecule has 2 heterocycles. The molecule has 1 fully saturated rings. The third-order valence-corrected chi connectivity index (χ3v) is 5.84. The fourth-order valence-corrected chi connectivity index (χ4v) is 4.03. The van der Waals surface area contributed by atoms with Crippen LogP contribution in [0, 0.1) is 12.7 Å². The van der Waals surface area contributed by atoms with Crippen molar-refractivity contribution in [3.63, 3.8) is 0 Å². The second kappa shape index (κ2) is 10.4. The van der Waals surface area contributed by atoms with Crippen molar-refractivity contribution in [2.45, 2.75) is 32.2 Å². The Morgan fingerprint density at radius 2 is 1.79 bits per heavy atom. The number of amides is 3. The van der Waals surface area contributed by atoms with Crippen molar-refractivity contribution in [3.8, 4) is 11.4 Å². The molecule has 0 spiro atoms. The predicted molar refractivity (Wildman–Crippen MR) is 126 cm³/mol. The number of hydrogen-bond donors (Lipinski definition) is 3. The zero-order valence-corrected chi connectivity index (χ0v) is 19.8. The van der Waals surface area contributed by atoms with Crippen LogP contribution in [0.2, 0.25) is 0 Å². The highest BCUT2D eigenvalue weighted by Gasteiger charge is 2.35. The number of rotatable bonds is 6. The number of ether oxygens (including phenoxy) is 1.